The molecule has 0 atom stereocenters. The topological polar surface area (TPSA) is 72.7 Å². The van der Waals surface area contributed by atoms with Crippen LogP contribution in [0.1, 0.15) is 16.2 Å². The molecule has 0 aliphatic carbocycles. The summed E-state index contributed by atoms with van der Waals surface area (Å²) < 4.78 is 0. The predicted molar refractivity (Wildman–Crippen MR) is 78.3 cm³/mol. The summed E-state index contributed by atoms with van der Waals surface area (Å²) in [5, 5.41) is 11.0. The molecule has 0 aliphatic heterocycles. The monoisotopic (exact) mass is 279 g/mol. The molecule has 3 rings (SSSR count). The fraction of sp³-hybridized carbons (Fsp3) is 0.0667. The van der Waals surface area contributed by atoms with E-state index in [-0.39, 0.29) is 11.6 Å². The minimum atomic E-state index is -0.303. The van der Waals surface area contributed by atoms with E-state index in [9.17, 15) is 4.79 Å². The summed E-state index contributed by atoms with van der Waals surface area (Å²) in [6, 6.07) is 12.9. The molecule has 21 heavy (non-hydrogen) atoms. The average Bonchev–Trinajstić information content (AvgIpc) is 2.98. The fourth-order valence-electron chi connectivity index (χ4n) is 1.87. The maximum absolute atomic E-state index is 12.1. The second kappa shape index (κ2) is 5.54. The molecule has 104 valence electrons. The normalized spacial score (nSPS) is 10.3. The van der Waals surface area contributed by atoms with Crippen molar-refractivity contribution in [2.75, 3.05) is 5.32 Å². The Labute approximate surface area is 121 Å². The van der Waals surface area contributed by atoms with Gasteiger partial charge >= 0.3 is 0 Å². The Balaban J connectivity index is 1.78. The van der Waals surface area contributed by atoms with Gasteiger partial charge in [0.05, 0.1) is 11.9 Å². The van der Waals surface area contributed by atoms with Gasteiger partial charge in [-0.15, -0.1) is 5.10 Å². The Hall–Kier alpha value is -3.02. The molecule has 2 heterocycles. The van der Waals surface area contributed by atoms with E-state index in [2.05, 4.69) is 20.5 Å². The lowest BCUT2D eigenvalue weighted by atomic mass is 10.3. The number of nitrogens with one attached hydrogen (secondary N) is 1. The van der Waals surface area contributed by atoms with Crippen LogP contribution < -0.4 is 5.32 Å². The van der Waals surface area contributed by atoms with E-state index in [4.69, 9.17) is 0 Å². The van der Waals surface area contributed by atoms with Crippen LogP contribution in [0.15, 0.2) is 54.9 Å². The van der Waals surface area contributed by atoms with Crippen LogP contribution in [0.4, 0.5) is 5.69 Å². The molecule has 0 unspecified atom stereocenters. The van der Waals surface area contributed by atoms with Crippen LogP contribution >= 0.6 is 0 Å². The van der Waals surface area contributed by atoms with Crippen LogP contribution in [0.3, 0.4) is 0 Å². The van der Waals surface area contributed by atoms with Crippen molar-refractivity contribution in [2.24, 2.45) is 0 Å². The molecule has 0 fully saturated rings. The van der Waals surface area contributed by atoms with E-state index in [0.717, 1.165) is 11.4 Å². The molecule has 0 spiro atoms. The molecule has 0 aliphatic rings. The molecule has 3 aromatic rings. The third-order valence-corrected chi connectivity index (χ3v) is 2.87. The molecule has 1 amide bonds. The minimum absolute atomic E-state index is 0.258. The van der Waals surface area contributed by atoms with E-state index < -0.39 is 0 Å². The first kappa shape index (κ1) is 13.0. The number of anilines is 1. The molecule has 0 radical (unpaired) electrons. The van der Waals surface area contributed by atoms with Crippen LogP contribution in [-0.4, -0.2) is 25.9 Å². The van der Waals surface area contributed by atoms with Gasteiger partial charge in [-0.1, -0.05) is 18.2 Å². The predicted octanol–water partition coefficient (Wildman–Crippen LogP) is 2.22. The molecule has 6 heteroatoms. The van der Waals surface area contributed by atoms with E-state index >= 15 is 0 Å². The Morgan fingerprint density at radius 1 is 1.19 bits per heavy atom. The highest BCUT2D eigenvalue weighted by Crippen LogP contribution is 2.09. The molecular formula is C15H13N5O. The number of carbonyl (C=O) groups is 1. The van der Waals surface area contributed by atoms with Gasteiger partial charge in [0.25, 0.3) is 5.91 Å². The number of carbonyl (C=O) groups excluding carboxylic acids is 1. The Morgan fingerprint density at radius 3 is 2.76 bits per heavy atom. The summed E-state index contributed by atoms with van der Waals surface area (Å²) in [5.74, 6) is -0.303. The van der Waals surface area contributed by atoms with Crippen LogP contribution in [0.25, 0.3) is 5.69 Å². The fourth-order valence-corrected chi connectivity index (χ4v) is 1.87. The summed E-state index contributed by atoms with van der Waals surface area (Å²) in [5.41, 5.74) is 2.58. The third-order valence-electron chi connectivity index (χ3n) is 2.87. The van der Waals surface area contributed by atoms with E-state index in [0.29, 0.717) is 5.69 Å². The SMILES string of the molecule is Cc1cc(NC(=O)c2cnn(-c3ccccc3)n2)ccn1. The first-order chi connectivity index (χ1) is 10.2. The molecule has 2 aromatic heterocycles. The first-order valence-electron chi connectivity index (χ1n) is 6.44. The second-order valence-corrected chi connectivity index (χ2v) is 4.49. The third kappa shape index (κ3) is 2.94. The van der Waals surface area contributed by atoms with Crippen molar-refractivity contribution < 1.29 is 4.79 Å². The van der Waals surface area contributed by atoms with Crippen LogP contribution in [0.2, 0.25) is 0 Å². The number of benzene rings is 1. The highest BCUT2D eigenvalue weighted by Gasteiger charge is 2.11. The van der Waals surface area contributed by atoms with Gasteiger partial charge in [-0.3, -0.25) is 9.78 Å². The standard InChI is InChI=1S/C15H13N5O/c1-11-9-12(7-8-16-11)18-15(21)14-10-17-20(19-14)13-5-3-2-4-6-13/h2-10H,1H3,(H,16,18,21). The van der Waals surface area contributed by atoms with E-state index in [1.165, 1.54) is 11.0 Å². The zero-order chi connectivity index (χ0) is 14.7. The lowest BCUT2D eigenvalue weighted by Crippen LogP contribution is -2.13. The lowest BCUT2D eigenvalue weighted by molar-refractivity contribution is 0.102. The molecule has 0 saturated heterocycles. The van der Waals surface area contributed by atoms with Crippen molar-refractivity contribution in [1.29, 1.82) is 0 Å². The van der Waals surface area contributed by atoms with Gasteiger partial charge in [0, 0.05) is 17.6 Å². The zero-order valence-electron chi connectivity index (χ0n) is 11.4. The van der Waals surface area contributed by atoms with Crippen molar-refractivity contribution in [3.8, 4) is 5.69 Å². The number of pyridine rings is 1. The summed E-state index contributed by atoms with van der Waals surface area (Å²) >= 11 is 0. The average molecular weight is 279 g/mol. The number of nitrogens with zero attached hydrogens (tertiary/aromatic N) is 4. The molecule has 6 nitrogen and oxygen atoms in total. The molecule has 1 aromatic carbocycles. The summed E-state index contributed by atoms with van der Waals surface area (Å²) in [7, 11) is 0. The number of rotatable bonds is 3. The van der Waals surface area contributed by atoms with Crippen molar-refractivity contribution in [2.45, 2.75) is 6.92 Å². The molecule has 1 N–H and O–H groups in total. The van der Waals surface area contributed by atoms with Gasteiger partial charge in [0.2, 0.25) is 0 Å². The zero-order valence-corrected chi connectivity index (χ0v) is 11.4. The van der Waals surface area contributed by atoms with Gasteiger partial charge in [0.15, 0.2) is 5.69 Å². The summed E-state index contributed by atoms with van der Waals surface area (Å²) in [6.07, 6.45) is 3.09. The number of hydrogen-bond donors (Lipinski definition) is 1. The maximum Gasteiger partial charge on any atom is 0.277 e. The number of para-hydroxylation sites is 1. The lowest BCUT2D eigenvalue weighted by Gasteiger charge is -2.03. The highest BCUT2D eigenvalue weighted by atomic mass is 16.2. The number of hydrogen-bond acceptors (Lipinski definition) is 4. The first-order valence-corrected chi connectivity index (χ1v) is 6.44. The second-order valence-electron chi connectivity index (χ2n) is 4.49. The van der Waals surface area contributed by atoms with E-state index in [1.54, 1.807) is 18.3 Å². The summed E-state index contributed by atoms with van der Waals surface area (Å²) in [6.45, 7) is 1.86. The number of amides is 1. The van der Waals surface area contributed by atoms with Crippen molar-refractivity contribution >= 4 is 11.6 Å². The van der Waals surface area contributed by atoms with Gasteiger partial charge in [-0.25, -0.2) is 0 Å². The Kier molecular flexibility index (Phi) is 3.42. The van der Waals surface area contributed by atoms with Gasteiger partial charge < -0.3 is 5.32 Å². The van der Waals surface area contributed by atoms with Crippen LogP contribution in [0, 0.1) is 6.92 Å². The Morgan fingerprint density at radius 2 is 2.00 bits per heavy atom. The largest absolute Gasteiger partial charge is 0.320 e. The van der Waals surface area contributed by atoms with Crippen LogP contribution in [0.5, 0.6) is 0 Å². The van der Waals surface area contributed by atoms with Crippen molar-refractivity contribution in [1.82, 2.24) is 20.0 Å². The minimum Gasteiger partial charge on any atom is -0.320 e. The Bertz CT molecular complexity index is 766. The highest BCUT2D eigenvalue weighted by molar-refractivity contribution is 6.02. The molecule has 0 bridgehead atoms. The van der Waals surface area contributed by atoms with Crippen molar-refractivity contribution in [3.63, 3.8) is 0 Å². The molecular weight excluding hydrogens is 266 g/mol. The van der Waals surface area contributed by atoms with Gasteiger partial charge in [-0.05, 0) is 31.2 Å². The van der Waals surface area contributed by atoms with Crippen molar-refractivity contribution in [3.05, 3.63) is 66.2 Å². The maximum atomic E-state index is 12.1. The van der Waals surface area contributed by atoms with Gasteiger partial charge in [0.1, 0.15) is 0 Å². The number of aryl methyl sites for hydroxylation is 1. The quantitative estimate of drug-likeness (QED) is 0.798. The molecule has 0 saturated carbocycles. The smallest absolute Gasteiger partial charge is 0.277 e. The van der Waals surface area contributed by atoms with E-state index in [1.807, 2.05) is 37.3 Å². The van der Waals surface area contributed by atoms with Gasteiger partial charge in [-0.2, -0.15) is 9.90 Å². The number of aromatic nitrogens is 4. The summed E-state index contributed by atoms with van der Waals surface area (Å²) in [4.78, 5) is 17.6. The van der Waals surface area contributed by atoms with Crippen LogP contribution in [-0.2, 0) is 0 Å².